The first-order valence-corrected chi connectivity index (χ1v) is 15.0. The predicted molar refractivity (Wildman–Crippen MR) is 147 cm³/mol. The molecule has 5 rings (SSSR count). The Balaban J connectivity index is 1.18. The maximum Gasteiger partial charge on any atom is 0.432 e. The number of piperidine rings is 1. The standard InChI is InChI=1S/C26H37N7O6S/c1-17(2)32-22-7-5-6-8-23(22)33(26(32)36)39-25(35)28-18-11-19-9-10-20(12-18)31(19)14-21(34)13-30(4)40(37,38)24-15-29(3)16-27-24/h5-8,15-21,34H,9-14H2,1-4H3,(H,28,35)/t18?,19-,20+,21-/m0/s1. The zero-order valence-electron chi connectivity index (χ0n) is 23.2. The predicted octanol–water partition coefficient (Wildman–Crippen LogP) is 0.933. The van der Waals surface area contributed by atoms with Gasteiger partial charge in [0.25, 0.3) is 10.0 Å². The van der Waals surface area contributed by atoms with E-state index in [9.17, 15) is 23.1 Å². The number of carbonyl (C=O) groups excluding carboxylic acids is 1. The zero-order chi connectivity index (χ0) is 28.8. The van der Waals surface area contributed by atoms with Crippen molar-refractivity contribution in [3.05, 3.63) is 47.3 Å². The lowest BCUT2D eigenvalue weighted by Crippen LogP contribution is -2.54. The number of hydrogen-bond acceptors (Lipinski definition) is 8. The summed E-state index contributed by atoms with van der Waals surface area (Å²) in [6.07, 6.45) is 4.47. The van der Waals surface area contributed by atoms with Crippen molar-refractivity contribution in [1.29, 1.82) is 0 Å². The van der Waals surface area contributed by atoms with Crippen LogP contribution in [0.25, 0.3) is 11.0 Å². The lowest BCUT2D eigenvalue weighted by Gasteiger charge is -2.40. The summed E-state index contributed by atoms with van der Waals surface area (Å²) in [5.41, 5.74) is 0.805. The zero-order valence-corrected chi connectivity index (χ0v) is 24.0. The smallest absolute Gasteiger partial charge is 0.390 e. The van der Waals surface area contributed by atoms with Crippen LogP contribution in [-0.2, 0) is 17.1 Å². The molecule has 2 bridgehead atoms. The van der Waals surface area contributed by atoms with Gasteiger partial charge in [0, 0.05) is 57.5 Å². The fourth-order valence-corrected chi connectivity index (χ4v) is 7.24. The van der Waals surface area contributed by atoms with Crippen LogP contribution in [0.2, 0.25) is 0 Å². The summed E-state index contributed by atoms with van der Waals surface area (Å²) in [6, 6.07) is 7.23. The van der Waals surface area contributed by atoms with E-state index in [1.165, 1.54) is 19.6 Å². The van der Waals surface area contributed by atoms with E-state index >= 15 is 0 Å². The Bertz CT molecular complexity index is 1530. The maximum absolute atomic E-state index is 13.0. The molecule has 13 nitrogen and oxygen atoms in total. The van der Waals surface area contributed by atoms with Crippen LogP contribution in [0.1, 0.15) is 45.6 Å². The molecule has 4 heterocycles. The first-order chi connectivity index (χ1) is 19.0. The number of sulfonamides is 1. The Hall–Kier alpha value is -3.20. The second kappa shape index (κ2) is 11.0. The summed E-state index contributed by atoms with van der Waals surface area (Å²) in [5.74, 6) is 0. The first kappa shape index (κ1) is 28.3. The summed E-state index contributed by atoms with van der Waals surface area (Å²) in [7, 11) is -0.666. The second-order valence-electron chi connectivity index (χ2n) is 11.1. The number of carbonyl (C=O) groups is 1. The summed E-state index contributed by atoms with van der Waals surface area (Å²) < 4.78 is 30.9. The van der Waals surface area contributed by atoms with Gasteiger partial charge in [0.2, 0.25) is 0 Å². The van der Waals surface area contributed by atoms with Crippen molar-refractivity contribution in [1.82, 2.24) is 33.4 Å². The number of fused-ring (bicyclic) bond motifs is 3. The van der Waals surface area contributed by atoms with Crippen LogP contribution in [0.3, 0.4) is 0 Å². The van der Waals surface area contributed by atoms with E-state index in [1.807, 2.05) is 26.0 Å². The quantitative estimate of drug-likeness (QED) is 0.384. The van der Waals surface area contributed by atoms with Gasteiger partial charge in [0.15, 0.2) is 5.03 Å². The molecule has 1 aromatic carbocycles. The number of nitrogens with one attached hydrogen (secondary N) is 1. The molecule has 4 atom stereocenters. The van der Waals surface area contributed by atoms with Gasteiger partial charge < -0.3 is 19.8 Å². The highest BCUT2D eigenvalue weighted by atomic mass is 32.2. The summed E-state index contributed by atoms with van der Waals surface area (Å²) in [5, 5.41) is 13.7. The molecule has 3 aromatic rings. The molecule has 2 fully saturated rings. The van der Waals surface area contributed by atoms with Gasteiger partial charge in [0.05, 0.1) is 17.9 Å². The number of aromatic nitrogens is 4. The van der Waals surface area contributed by atoms with Gasteiger partial charge in [-0.15, -0.1) is 4.73 Å². The molecule has 2 N–H and O–H groups in total. The Kier molecular flexibility index (Phi) is 7.79. The third-order valence-electron chi connectivity index (χ3n) is 7.88. The molecule has 2 aliphatic heterocycles. The van der Waals surface area contributed by atoms with Gasteiger partial charge in [-0.05, 0) is 51.7 Å². The van der Waals surface area contributed by atoms with Crippen molar-refractivity contribution in [3.8, 4) is 0 Å². The lowest BCUT2D eigenvalue weighted by molar-refractivity contribution is 0.0445. The fraction of sp³-hybridized carbons (Fsp3) is 0.577. The van der Waals surface area contributed by atoms with Gasteiger partial charge >= 0.3 is 11.8 Å². The first-order valence-electron chi connectivity index (χ1n) is 13.5. The number of nitrogens with zero attached hydrogens (tertiary/aromatic N) is 6. The number of aryl methyl sites for hydroxylation is 1. The molecule has 2 saturated heterocycles. The Labute approximate surface area is 233 Å². The third-order valence-corrected chi connectivity index (χ3v) is 9.59. The summed E-state index contributed by atoms with van der Waals surface area (Å²) in [4.78, 5) is 37.5. The highest BCUT2D eigenvalue weighted by molar-refractivity contribution is 7.89. The van der Waals surface area contributed by atoms with E-state index in [-0.39, 0.29) is 35.7 Å². The highest BCUT2D eigenvalue weighted by Crippen LogP contribution is 2.36. The second-order valence-corrected chi connectivity index (χ2v) is 13.1. The normalized spacial score (nSPS) is 22.3. The van der Waals surface area contributed by atoms with Crippen molar-refractivity contribution in [3.63, 3.8) is 0 Å². The van der Waals surface area contributed by atoms with Crippen LogP contribution in [-0.4, -0.2) is 92.0 Å². The van der Waals surface area contributed by atoms with E-state index in [4.69, 9.17) is 4.84 Å². The molecule has 14 heteroatoms. The van der Waals surface area contributed by atoms with Gasteiger partial charge in [-0.2, -0.15) is 4.31 Å². The molecule has 1 amide bonds. The van der Waals surface area contributed by atoms with Gasteiger partial charge in [-0.3, -0.25) is 9.47 Å². The van der Waals surface area contributed by atoms with E-state index in [2.05, 4.69) is 15.2 Å². The Morgan fingerprint density at radius 3 is 2.45 bits per heavy atom. The SMILES string of the molecule is CC(C)n1c(=O)n(OC(=O)NC2C[C@H]3CC[C@@H](C2)N3C[C@@H](O)CN(C)S(=O)(=O)c2cn(C)cn2)c2ccccc21. The van der Waals surface area contributed by atoms with Crippen LogP contribution in [0.15, 0.2) is 46.6 Å². The minimum absolute atomic E-state index is 0.0540. The van der Waals surface area contributed by atoms with Crippen molar-refractivity contribution in [2.24, 2.45) is 7.05 Å². The van der Waals surface area contributed by atoms with Crippen LogP contribution >= 0.6 is 0 Å². The van der Waals surface area contributed by atoms with Crippen LogP contribution in [0, 0.1) is 0 Å². The number of benzene rings is 1. The topological polar surface area (TPSA) is 144 Å². The number of aliphatic hydroxyl groups excluding tert-OH is 1. The van der Waals surface area contributed by atoms with Crippen molar-refractivity contribution >= 4 is 27.1 Å². The Morgan fingerprint density at radius 1 is 1.20 bits per heavy atom. The summed E-state index contributed by atoms with van der Waals surface area (Å²) in [6.45, 7) is 4.08. The van der Waals surface area contributed by atoms with E-state index in [0.29, 0.717) is 30.4 Å². The van der Waals surface area contributed by atoms with E-state index in [0.717, 1.165) is 21.9 Å². The Morgan fingerprint density at radius 2 is 1.85 bits per heavy atom. The average Bonchev–Trinajstić information content (AvgIpc) is 3.51. The summed E-state index contributed by atoms with van der Waals surface area (Å²) >= 11 is 0. The lowest BCUT2D eigenvalue weighted by atomic mass is 9.97. The van der Waals surface area contributed by atoms with Gasteiger partial charge in [0.1, 0.15) is 5.52 Å². The largest absolute Gasteiger partial charge is 0.432 e. The highest BCUT2D eigenvalue weighted by Gasteiger charge is 2.42. The number of imidazole rings is 2. The molecular weight excluding hydrogens is 538 g/mol. The minimum atomic E-state index is -3.80. The number of para-hydroxylation sites is 2. The van der Waals surface area contributed by atoms with Crippen molar-refractivity contribution < 1.29 is 23.2 Å². The molecule has 1 unspecified atom stereocenters. The van der Waals surface area contributed by atoms with Crippen molar-refractivity contribution in [2.75, 3.05) is 20.1 Å². The number of likely N-dealkylation sites (N-methyl/N-ethyl adjacent to an activating group) is 1. The number of aliphatic hydroxyl groups is 1. The van der Waals surface area contributed by atoms with Gasteiger partial charge in [-0.1, -0.05) is 12.1 Å². The number of hydrogen-bond donors (Lipinski definition) is 2. The molecule has 2 aromatic heterocycles. The average molecular weight is 576 g/mol. The van der Waals surface area contributed by atoms with Crippen LogP contribution in [0.4, 0.5) is 4.79 Å². The molecule has 2 aliphatic rings. The molecule has 0 aliphatic carbocycles. The van der Waals surface area contributed by atoms with Crippen molar-refractivity contribution in [2.45, 2.75) is 74.8 Å². The minimum Gasteiger partial charge on any atom is -0.390 e. The third kappa shape index (κ3) is 5.40. The maximum atomic E-state index is 13.0. The fourth-order valence-electron chi connectivity index (χ4n) is 6.07. The molecule has 40 heavy (non-hydrogen) atoms. The van der Waals surface area contributed by atoms with E-state index in [1.54, 1.807) is 28.3 Å². The van der Waals surface area contributed by atoms with Crippen LogP contribution < -0.4 is 15.8 Å². The molecule has 0 saturated carbocycles. The van der Waals surface area contributed by atoms with E-state index < -0.39 is 27.9 Å². The molecule has 218 valence electrons. The number of rotatable bonds is 9. The monoisotopic (exact) mass is 575 g/mol. The molecule has 0 radical (unpaired) electrons. The molecular formula is C26H37N7O6S. The van der Waals surface area contributed by atoms with Gasteiger partial charge in [-0.25, -0.2) is 23.0 Å². The van der Waals surface area contributed by atoms with Crippen LogP contribution in [0.5, 0.6) is 0 Å². The number of amides is 1. The molecule has 0 spiro atoms.